The van der Waals surface area contributed by atoms with Gasteiger partial charge in [-0.1, -0.05) is 30.3 Å². The zero-order valence-electron chi connectivity index (χ0n) is 19.3. The number of hydrogen-bond donors (Lipinski definition) is 2. The monoisotopic (exact) mass is 504 g/mol. The summed E-state index contributed by atoms with van der Waals surface area (Å²) in [5.74, 6) is -2.50. The first-order chi connectivity index (χ1) is 16.7. The van der Waals surface area contributed by atoms with Crippen molar-refractivity contribution >= 4 is 27.9 Å². The lowest BCUT2D eigenvalue weighted by atomic mass is 9.97. The minimum absolute atomic E-state index is 0.0468. The molecule has 2 aromatic carbocycles. The molecule has 10 nitrogen and oxygen atoms in total. The number of carbonyl (C=O) groups is 3. The minimum Gasteiger partial charge on any atom is -0.507 e. The third-order valence-corrected chi connectivity index (χ3v) is 7.00. The van der Waals surface area contributed by atoms with Gasteiger partial charge in [0.25, 0.3) is 5.91 Å². The van der Waals surface area contributed by atoms with Crippen LogP contribution < -0.4 is 4.72 Å². The Morgan fingerprint density at radius 2 is 1.74 bits per heavy atom. The number of rotatable bonds is 9. The van der Waals surface area contributed by atoms with Gasteiger partial charge >= 0.3 is 11.9 Å². The topological polar surface area (TPSA) is 139 Å². The van der Waals surface area contributed by atoms with Crippen molar-refractivity contribution in [3.8, 4) is 5.75 Å². The van der Waals surface area contributed by atoms with Crippen LogP contribution in [0.15, 0.2) is 53.4 Å². The highest BCUT2D eigenvalue weighted by molar-refractivity contribution is 7.89. The first-order valence-corrected chi connectivity index (χ1v) is 12.7. The Bertz CT molecular complexity index is 1160. The average molecular weight is 505 g/mol. The zero-order valence-corrected chi connectivity index (χ0v) is 20.1. The van der Waals surface area contributed by atoms with Crippen molar-refractivity contribution in [2.45, 2.75) is 31.2 Å². The fraction of sp³-hybridized carbons (Fsp3) is 0.375. The second kappa shape index (κ2) is 11.8. The van der Waals surface area contributed by atoms with Crippen LogP contribution in [0.3, 0.4) is 0 Å². The van der Waals surface area contributed by atoms with E-state index in [4.69, 9.17) is 9.47 Å². The van der Waals surface area contributed by atoms with Crippen LogP contribution in [0.2, 0.25) is 0 Å². The van der Waals surface area contributed by atoms with Gasteiger partial charge in [0.2, 0.25) is 10.0 Å². The van der Waals surface area contributed by atoms with E-state index in [2.05, 4.69) is 4.72 Å². The van der Waals surface area contributed by atoms with Gasteiger partial charge in [0.1, 0.15) is 11.3 Å². The van der Waals surface area contributed by atoms with Gasteiger partial charge in [-0.2, -0.15) is 0 Å². The Kier molecular flexibility index (Phi) is 8.83. The largest absolute Gasteiger partial charge is 0.507 e. The number of phenolic OH excluding ortho intramolecular Hbond substituents is 1. The number of piperidine rings is 1. The van der Waals surface area contributed by atoms with Crippen molar-refractivity contribution in [3.63, 3.8) is 0 Å². The van der Waals surface area contributed by atoms with Gasteiger partial charge in [-0.05, 0) is 43.5 Å². The van der Waals surface area contributed by atoms with Crippen LogP contribution in [-0.2, 0) is 35.6 Å². The minimum atomic E-state index is -3.98. The summed E-state index contributed by atoms with van der Waals surface area (Å²) in [6, 6.07) is 12.1. The molecule has 1 aliphatic rings. The van der Waals surface area contributed by atoms with Gasteiger partial charge in [-0.15, -0.1) is 0 Å². The lowest BCUT2D eigenvalue weighted by Crippen LogP contribution is -2.42. The molecule has 0 aliphatic carbocycles. The molecular weight excluding hydrogens is 476 g/mol. The summed E-state index contributed by atoms with van der Waals surface area (Å²) in [6.45, 7) is 2.15. The highest BCUT2D eigenvalue weighted by Crippen LogP contribution is 2.23. The molecule has 1 aliphatic heterocycles. The molecular formula is C24H28N2O8S. The lowest BCUT2D eigenvalue weighted by Gasteiger charge is -2.30. The molecule has 1 amide bonds. The smallest absolute Gasteiger partial charge is 0.342 e. The van der Waals surface area contributed by atoms with Crippen molar-refractivity contribution in [1.29, 1.82) is 0 Å². The summed E-state index contributed by atoms with van der Waals surface area (Å²) in [5, 5.41) is 10.1. The summed E-state index contributed by atoms with van der Waals surface area (Å²) < 4.78 is 37.8. The second-order valence-corrected chi connectivity index (χ2v) is 9.74. The number of aromatic hydroxyl groups is 1. The molecule has 1 saturated heterocycles. The summed E-state index contributed by atoms with van der Waals surface area (Å²) in [5.41, 5.74) is 0.376. The molecule has 0 radical (unpaired) electrons. The molecule has 0 aromatic heterocycles. The molecule has 1 fully saturated rings. The van der Waals surface area contributed by atoms with Gasteiger partial charge in [-0.3, -0.25) is 9.59 Å². The lowest BCUT2D eigenvalue weighted by molar-refractivity contribution is -0.151. The number of esters is 2. The number of hydrogen-bond acceptors (Lipinski definition) is 8. The highest BCUT2D eigenvalue weighted by atomic mass is 32.2. The number of likely N-dealkylation sites (tertiary alicyclic amines) is 1. The normalized spacial score (nSPS) is 14.4. The molecule has 0 atom stereocenters. The molecule has 0 spiro atoms. The van der Waals surface area contributed by atoms with E-state index >= 15 is 0 Å². The summed E-state index contributed by atoms with van der Waals surface area (Å²) in [7, 11) is -3.98. The third kappa shape index (κ3) is 7.03. The van der Waals surface area contributed by atoms with Gasteiger partial charge in [0.15, 0.2) is 6.61 Å². The quantitative estimate of drug-likeness (QED) is 0.493. The molecule has 2 N–H and O–H groups in total. The van der Waals surface area contributed by atoms with Gasteiger partial charge in [0, 0.05) is 19.6 Å². The molecule has 35 heavy (non-hydrogen) atoms. The number of phenols is 1. The van der Waals surface area contributed by atoms with Crippen molar-refractivity contribution in [2.24, 2.45) is 5.92 Å². The average Bonchev–Trinajstić information content (AvgIpc) is 2.87. The summed E-state index contributed by atoms with van der Waals surface area (Å²) in [6.07, 6.45) is 0.907. The second-order valence-electron chi connectivity index (χ2n) is 7.97. The maximum absolute atomic E-state index is 12.6. The van der Waals surface area contributed by atoms with Crippen molar-refractivity contribution in [2.75, 3.05) is 26.3 Å². The van der Waals surface area contributed by atoms with Crippen LogP contribution in [0.4, 0.5) is 0 Å². The van der Waals surface area contributed by atoms with Crippen molar-refractivity contribution in [1.82, 2.24) is 9.62 Å². The zero-order chi connectivity index (χ0) is 25.4. The SMILES string of the molecule is CCOC(=O)C1CCN(C(=O)COC(=O)c2cc(S(=O)(=O)NCc3ccccc3)ccc2O)CC1. The van der Waals surface area contributed by atoms with Crippen LogP contribution in [0.25, 0.3) is 0 Å². The van der Waals surface area contributed by atoms with E-state index in [0.717, 1.165) is 23.8 Å². The predicted octanol–water partition coefficient (Wildman–Crippen LogP) is 1.83. The fourth-order valence-corrected chi connectivity index (χ4v) is 4.67. The van der Waals surface area contributed by atoms with E-state index in [1.165, 1.54) is 4.90 Å². The van der Waals surface area contributed by atoms with E-state index < -0.39 is 34.3 Å². The molecule has 0 unspecified atom stereocenters. The first-order valence-electron chi connectivity index (χ1n) is 11.2. The Balaban J connectivity index is 1.57. The van der Waals surface area contributed by atoms with E-state index in [-0.39, 0.29) is 28.9 Å². The first kappa shape index (κ1) is 26.2. The Labute approximate surface area is 203 Å². The van der Waals surface area contributed by atoms with Gasteiger partial charge in [-0.25, -0.2) is 17.9 Å². The molecule has 11 heteroatoms. The number of benzene rings is 2. The van der Waals surface area contributed by atoms with Gasteiger partial charge < -0.3 is 19.5 Å². The van der Waals surface area contributed by atoms with Crippen LogP contribution in [0.1, 0.15) is 35.7 Å². The molecule has 0 bridgehead atoms. The Morgan fingerprint density at radius 1 is 1.06 bits per heavy atom. The fourth-order valence-electron chi connectivity index (χ4n) is 3.62. The van der Waals surface area contributed by atoms with E-state index in [9.17, 15) is 27.9 Å². The number of amides is 1. The molecule has 1 heterocycles. The molecule has 0 saturated carbocycles. The van der Waals surface area contributed by atoms with E-state index in [0.29, 0.717) is 32.5 Å². The number of sulfonamides is 1. The predicted molar refractivity (Wildman–Crippen MR) is 125 cm³/mol. The number of nitrogens with zero attached hydrogens (tertiary/aromatic N) is 1. The number of ether oxygens (including phenoxy) is 2. The summed E-state index contributed by atoms with van der Waals surface area (Å²) >= 11 is 0. The maximum atomic E-state index is 12.6. The van der Waals surface area contributed by atoms with E-state index in [1.807, 2.05) is 6.07 Å². The van der Waals surface area contributed by atoms with Crippen LogP contribution in [0, 0.1) is 5.92 Å². The van der Waals surface area contributed by atoms with Crippen LogP contribution in [-0.4, -0.2) is 62.6 Å². The number of carbonyl (C=O) groups excluding carboxylic acids is 3. The third-order valence-electron chi connectivity index (χ3n) is 5.60. The van der Waals surface area contributed by atoms with Crippen molar-refractivity contribution in [3.05, 3.63) is 59.7 Å². The molecule has 2 aromatic rings. The van der Waals surface area contributed by atoms with Crippen LogP contribution >= 0.6 is 0 Å². The van der Waals surface area contributed by atoms with E-state index in [1.54, 1.807) is 31.2 Å². The highest BCUT2D eigenvalue weighted by Gasteiger charge is 2.29. The van der Waals surface area contributed by atoms with Crippen LogP contribution in [0.5, 0.6) is 5.75 Å². The Morgan fingerprint density at radius 3 is 2.40 bits per heavy atom. The van der Waals surface area contributed by atoms with Gasteiger partial charge in [0.05, 0.1) is 17.4 Å². The van der Waals surface area contributed by atoms with Crippen molar-refractivity contribution < 1.29 is 37.4 Å². The Hall–Kier alpha value is -3.44. The maximum Gasteiger partial charge on any atom is 0.342 e. The number of nitrogens with one attached hydrogen (secondary N) is 1. The molecule has 3 rings (SSSR count). The molecule has 188 valence electrons. The summed E-state index contributed by atoms with van der Waals surface area (Å²) in [4.78, 5) is 38.0. The standard InChI is InChI=1S/C24H28N2O8S/c1-2-33-23(29)18-10-12-26(13-11-18)22(28)16-34-24(30)20-14-19(8-9-21(20)27)35(31,32)25-15-17-6-4-3-5-7-17/h3-9,14,18,25,27H,2,10-13,15-16H2,1H3.